The van der Waals surface area contributed by atoms with Crippen LogP contribution in [0.3, 0.4) is 0 Å². The van der Waals surface area contributed by atoms with E-state index in [2.05, 4.69) is 5.32 Å². The molecule has 3 aromatic rings. The minimum atomic E-state index is -3.49. The molecule has 3 rings (SSSR count). The van der Waals surface area contributed by atoms with E-state index in [0.717, 1.165) is 21.2 Å². The molecule has 0 heterocycles. The van der Waals surface area contributed by atoms with Gasteiger partial charge in [0, 0.05) is 25.3 Å². The van der Waals surface area contributed by atoms with Crippen LogP contribution in [0, 0.1) is 0 Å². The van der Waals surface area contributed by atoms with Gasteiger partial charge in [-0.25, -0.2) is 12.7 Å². The van der Waals surface area contributed by atoms with Crippen LogP contribution in [0.15, 0.2) is 83.8 Å². The van der Waals surface area contributed by atoms with Crippen LogP contribution in [-0.4, -0.2) is 39.3 Å². The van der Waals surface area contributed by atoms with Crippen LogP contribution in [0.25, 0.3) is 11.1 Å². The van der Waals surface area contributed by atoms with Crippen LogP contribution in [0.2, 0.25) is 0 Å². The van der Waals surface area contributed by atoms with Crippen molar-refractivity contribution in [3.05, 3.63) is 78.9 Å². The first-order valence-corrected chi connectivity index (χ1v) is 10.9. The van der Waals surface area contributed by atoms with Gasteiger partial charge in [0.25, 0.3) is 0 Å². The number of anilines is 1. The summed E-state index contributed by atoms with van der Waals surface area (Å²) in [6.07, 6.45) is 0.168. The van der Waals surface area contributed by atoms with Gasteiger partial charge < -0.3 is 10.1 Å². The second-order valence-corrected chi connectivity index (χ2v) is 8.97. The van der Waals surface area contributed by atoms with Crippen molar-refractivity contribution in [3.8, 4) is 16.9 Å². The van der Waals surface area contributed by atoms with E-state index in [4.69, 9.17) is 4.74 Å². The Balaban J connectivity index is 1.56. The zero-order chi connectivity index (χ0) is 21.6. The first-order valence-electron chi connectivity index (χ1n) is 9.47. The number of amides is 1. The standard InChI is InChI=1S/C23H24N2O4S/c1-25(2)30(27,28)20-14-12-19(13-15-20)24-23(26)16-17-29-22-11-7-6-10-21(22)18-8-4-3-5-9-18/h3-15H,16-17H2,1-2H3,(H,24,26). The summed E-state index contributed by atoms with van der Waals surface area (Å²) < 4.78 is 31.2. The third-order valence-corrected chi connectivity index (χ3v) is 6.30. The van der Waals surface area contributed by atoms with E-state index in [9.17, 15) is 13.2 Å². The number of carbonyl (C=O) groups is 1. The number of nitrogens with one attached hydrogen (secondary N) is 1. The molecule has 0 saturated carbocycles. The maximum absolute atomic E-state index is 12.2. The van der Waals surface area contributed by atoms with Crippen molar-refractivity contribution in [1.82, 2.24) is 4.31 Å². The van der Waals surface area contributed by atoms with Crippen LogP contribution in [0.1, 0.15) is 6.42 Å². The van der Waals surface area contributed by atoms with Gasteiger partial charge >= 0.3 is 0 Å². The first-order chi connectivity index (χ1) is 14.4. The molecule has 1 N–H and O–H groups in total. The number of carbonyl (C=O) groups excluding carboxylic acids is 1. The number of benzene rings is 3. The lowest BCUT2D eigenvalue weighted by Gasteiger charge is -2.13. The number of rotatable bonds is 8. The Bertz CT molecular complexity index is 1100. The Kier molecular flexibility index (Phi) is 6.87. The number of sulfonamides is 1. The number of hydrogen-bond donors (Lipinski definition) is 1. The summed E-state index contributed by atoms with van der Waals surface area (Å²) in [5, 5.41) is 2.76. The molecule has 7 heteroatoms. The van der Waals surface area contributed by atoms with Gasteiger partial charge in [-0.15, -0.1) is 0 Å². The lowest BCUT2D eigenvalue weighted by Crippen LogP contribution is -2.22. The van der Waals surface area contributed by atoms with E-state index in [0.29, 0.717) is 5.69 Å². The summed E-state index contributed by atoms with van der Waals surface area (Å²) in [5.74, 6) is 0.505. The molecule has 0 bridgehead atoms. The van der Waals surface area contributed by atoms with Gasteiger partial charge in [-0.3, -0.25) is 4.79 Å². The second kappa shape index (κ2) is 9.56. The van der Waals surface area contributed by atoms with E-state index in [-0.39, 0.29) is 23.8 Å². The van der Waals surface area contributed by atoms with Gasteiger partial charge in [0.1, 0.15) is 5.75 Å². The highest BCUT2D eigenvalue weighted by atomic mass is 32.2. The summed E-state index contributed by atoms with van der Waals surface area (Å²) in [6.45, 7) is 0.225. The molecule has 0 aromatic heterocycles. The summed E-state index contributed by atoms with van der Waals surface area (Å²) >= 11 is 0. The maximum atomic E-state index is 12.2. The van der Waals surface area contributed by atoms with Crippen LogP contribution >= 0.6 is 0 Å². The van der Waals surface area contributed by atoms with Crippen LogP contribution < -0.4 is 10.1 Å². The van der Waals surface area contributed by atoms with Crippen molar-refractivity contribution in [3.63, 3.8) is 0 Å². The lowest BCUT2D eigenvalue weighted by atomic mass is 10.1. The van der Waals surface area contributed by atoms with E-state index in [1.807, 2.05) is 54.6 Å². The van der Waals surface area contributed by atoms with Gasteiger partial charge in [-0.1, -0.05) is 48.5 Å². The van der Waals surface area contributed by atoms with Crippen molar-refractivity contribution in [2.75, 3.05) is 26.0 Å². The molecule has 0 aliphatic rings. The number of hydrogen-bond acceptors (Lipinski definition) is 4. The molecule has 0 aliphatic carbocycles. The SMILES string of the molecule is CN(C)S(=O)(=O)c1ccc(NC(=O)CCOc2ccccc2-c2ccccc2)cc1. The summed E-state index contributed by atoms with van der Waals surface area (Å²) in [6, 6.07) is 23.7. The van der Waals surface area contributed by atoms with E-state index in [1.165, 1.54) is 26.2 Å². The zero-order valence-corrected chi connectivity index (χ0v) is 17.7. The van der Waals surface area contributed by atoms with Crippen molar-refractivity contribution >= 4 is 21.6 Å². The molecule has 0 saturated heterocycles. The van der Waals surface area contributed by atoms with Crippen molar-refractivity contribution in [2.24, 2.45) is 0 Å². The van der Waals surface area contributed by atoms with Gasteiger partial charge in [0.05, 0.1) is 17.9 Å². The summed E-state index contributed by atoms with van der Waals surface area (Å²) in [5.41, 5.74) is 2.55. The highest BCUT2D eigenvalue weighted by Gasteiger charge is 2.16. The Morgan fingerprint density at radius 1 is 0.900 bits per heavy atom. The highest BCUT2D eigenvalue weighted by molar-refractivity contribution is 7.89. The van der Waals surface area contributed by atoms with Gasteiger partial charge in [0.15, 0.2) is 0 Å². The fourth-order valence-electron chi connectivity index (χ4n) is 2.85. The van der Waals surface area contributed by atoms with E-state index >= 15 is 0 Å². The molecular weight excluding hydrogens is 400 g/mol. The molecule has 30 heavy (non-hydrogen) atoms. The largest absolute Gasteiger partial charge is 0.492 e. The third-order valence-electron chi connectivity index (χ3n) is 4.48. The number of ether oxygens (including phenoxy) is 1. The van der Waals surface area contributed by atoms with E-state index < -0.39 is 10.0 Å². The van der Waals surface area contributed by atoms with Crippen LogP contribution in [0.5, 0.6) is 5.75 Å². The highest BCUT2D eigenvalue weighted by Crippen LogP contribution is 2.29. The summed E-state index contributed by atoms with van der Waals surface area (Å²) in [4.78, 5) is 12.4. The van der Waals surface area contributed by atoms with Crippen molar-refractivity contribution in [2.45, 2.75) is 11.3 Å². The minimum Gasteiger partial charge on any atom is -0.492 e. The fraction of sp³-hybridized carbons (Fsp3) is 0.174. The zero-order valence-electron chi connectivity index (χ0n) is 16.9. The molecule has 6 nitrogen and oxygen atoms in total. The lowest BCUT2D eigenvalue weighted by molar-refractivity contribution is -0.116. The van der Waals surface area contributed by atoms with Crippen LogP contribution in [0.4, 0.5) is 5.69 Å². The molecule has 0 radical (unpaired) electrons. The number of para-hydroxylation sites is 1. The minimum absolute atomic E-state index is 0.168. The normalized spacial score (nSPS) is 11.3. The Hall–Kier alpha value is -3.16. The predicted octanol–water partition coefficient (Wildman–Crippen LogP) is 4.01. The average Bonchev–Trinajstić information content (AvgIpc) is 2.75. The van der Waals surface area contributed by atoms with Gasteiger partial charge in [-0.05, 0) is 35.9 Å². The predicted molar refractivity (Wildman–Crippen MR) is 118 cm³/mol. The molecular formula is C23H24N2O4S. The molecule has 0 aliphatic heterocycles. The topological polar surface area (TPSA) is 75.7 Å². The smallest absolute Gasteiger partial charge is 0.242 e. The Morgan fingerprint density at radius 3 is 2.20 bits per heavy atom. The molecule has 156 valence electrons. The van der Waals surface area contributed by atoms with Gasteiger partial charge in [0.2, 0.25) is 15.9 Å². The Morgan fingerprint density at radius 2 is 1.53 bits per heavy atom. The first kappa shape index (κ1) is 21.5. The van der Waals surface area contributed by atoms with Gasteiger partial charge in [-0.2, -0.15) is 0 Å². The average molecular weight is 425 g/mol. The molecule has 0 spiro atoms. The second-order valence-electron chi connectivity index (χ2n) is 6.82. The molecule has 0 unspecified atom stereocenters. The quantitative estimate of drug-likeness (QED) is 0.593. The van der Waals surface area contributed by atoms with Crippen LogP contribution in [-0.2, 0) is 14.8 Å². The monoisotopic (exact) mass is 424 g/mol. The number of nitrogens with zero attached hydrogens (tertiary/aromatic N) is 1. The maximum Gasteiger partial charge on any atom is 0.242 e. The fourth-order valence-corrected chi connectivity index (χ4v) is 3.75. The van der Waals surface area contributed by atoms with Crippen molar-refractivity contribution < 1.29 is 17.9 Å². The van der Waals surface area contributed by atoms with Crippen molar-refractivity contribution in [1.29, 1.82) is 0 Å². The Labute approximate surface area is 177 Å². The molecule has 1 amide bonds. The molecule has 3 aromatic carbocycles. The third kappa shape index (κ3) is 5.25. The summed E-state index contributed by atoms with van der Waals surface area (Å²) in [7, 11) is -0.547. The van der Waals surface area contributed by atoms with E-state index in [1.54, 1.807) is 12.1 Å². The molecule has 0 fully saturated rings. The molecule has 0 atom stereocenters.